The normalized spacial score (nSPS) is 20.1. The number of hydrogen-bond donors (Lipinski definition) is 2. The Morgan fingerprint density at radius 2 is 2.44 bits per heavy atom. The van der Waals surface area contributed by atoms with E-state index in [4.69, 9.17) is 5.11 Å². The van der Waals surface area contributed by atoms with E-state index in [0.29, 0.717) is 11.6 Å². The standard InChI is InChI=1S/C12H14N4O2/c17-12(18)8-3-5-16-10(6-8)14-11(15-16)9-2-1-4-13-7-9/h3,5-6,9,13H,1-2,4,7H2,(H,17,18). The van der Waals surface area contributed by atoms with Gasteiger partial charge in [0.25, 0.3) is 0 Å². The highest BCUT2D eigenvalue weighted by Gasteiger charge is 2.19. The van der Waals surface area contributed by atoms with Gasteiger partial charge in [-0.1, -0.05) is 0 Å². The molecule has 1 fully saturated rings. The largest absolute Gasteiger partial charge is 0.478 e. The Bertz CT molecular complexity index is 587. The molecule has 1 aliphatic rings. The number of piperidine rings is 1. The van der Waals surface area contributed by atoms with E-state index in [1.54, 1.807) is 16.8 Å². The maximum absolute atomic E-state index is 10.9. The summed E-state index contributed by atoms with van der Waals surface area (Å²) >= 11 is 0. The number of aromatic carboxylic acids is 1. The summed E-state index contributed by atoms with van der Waals surface area (Å²) in [7, 11) is 0. The summed E-state index contributed by atoms with van der Waals surface area (Å²) in [6.45, 7) is 1.94. The lowest BCUT2D eigenvalue weighted by Crippen LogP contribution is -2.28. The van der Waals surface area contributed by atoms with Crippen molar-refractivity contribution in [2.75, 3.05) is 13.1 Å². The van der Waals surface area contributed by atoms with Gasteiger partial charge in [0.15, 0.2) is 11.5 Å². The van der Waals surface area contributed by atoms with Crippen molar-refractivity contribution in [2.24, 2.45) is 0 Å². The van der Waals surface area contributed by atoms with Gasteiger partial charge in [-0.05, 0) is 31.5 Å². The van der Waals surface area contributed by atoms with Crippen LogP contribution in [0.3, 0.4) is 0 Å². The molecule has 0 amide bonds. The molecule has 3 rings (SSSR count). The van der Waals surface area contributed by atoms with Crippen LogP contribution < -0.4 is 5.32 Å². The first kappa shape index (κ1) is 11.2. The second-order valence-corrected chi connectivity index (χ2v) is 4.54. The van der Waals surface area contributed by atoms with Crippen molar-refractivity contribution < 1.29 is 9.90 Å². The van der Waals surface area contributed by atoms with E-state index in [2.05, 4.69) is 15.4 Å². The van der Waals surface area contributed by atoms with Gasteiger partial charge in [-0.3, -0.25) is 0 Å². The molecule has 2 aromatic rings. The van der Waals surface area contributed by atoms with Crippen molar-refractivity contribution in [3.8, 4) is 0 Å². The summed E-state index contributed by atoms with van der Waals surface area (Å²) in [5.41, 5.74) is 0.832. The summed E-state index contributed by atoms with van der Waals surface area (Å²) in [5.74, 6) is 0.179. The SMILES string of the molecule is O=C(O)c1ccn2nc(C3CCCNC3)nc2c1. The minimum Gasteiger partial charge on any atom is -0.478 e. The molecule has 0 aliphatic carbocycles. The predicted molar refractivity (Wildman–Crippen MR) is 64.8 cm³/mol. The van der Waals surface area contributed by atoms with E-state index < -0.39 is 5.97 Å². The Labute approximate surface area is 104 Å². The van der Waals surface area contributed by atoms with E-state index in [1.807, 2.05) is 0 Å². The number of rotatable bonds is 2. The highest BCUT2D eigenvalue weighted by molar-refractivity contribution is 5.88. The fraction of sp³-hybridized carbons (Fsp3) is 0.417. The molecule has 6 nitrogen and oxygen atoms in total. The van der Waals surface area contributed by atoms with E-state index in [-0.39, 0.29) is 5.56 Å². The highest BCUT2D eigenvalue weighted by Crippen LogP contribution is 2.20. The second kappa shape index (κ2) is 4.38. The van der Waals surface area contributed by atoms with Crippen molar-refractivity contribution in [3.63, 3.8) is 0 Å². The maximum atomic E-state index is 10.9. The molecular weight excluding hydrogens is 232 g/mol. The number of nitrogens with one attached hydrogen (secondary N) is 1. The third-order valence-corrected chi connectivity index (χ3v) is 3.26. The first-order valence-corrected chi connectivity index (χ1v) is 6.04. The van der Waals surface area contributed by atoms with Gasteiger partial charge < -0.3 is 10.4 Å². The van der Waals surface area contributed by atoms with Crippen LogP contribution in [0.1, 0.15) is 34.9 Å². The second-order valence-electron chi connectivity index (χ2n) is 4.54. The van der Waals surface area contributed by atoms with Gasteiger partial charge in [0.1, 0.15) is 0 Å². The smallest absolute Gasteiger partial charge is 0.335 e. The maximum Gasteiger partial charge on any atom is 0.335 e. The molecule has 1 aliphatic heterocycles. The van der Waals surface area contributed by atoms with Gasteiger partial charge in [0, 0.05) is 18.7 Å². The number of fused-ring (bicyclic) bond motifs is 1. The number of aromatic nitrogens is 3. The van der Waals surface area contributed by atoms with Crippen molar-refractivity contribution in [3.05, 3.63) is 29.7 Å². The summed E-state index contributed by atoms with van der Waals surface area (Å²) in [5, 5.41) is 16.7. The monoisotopic (exact) mass is 246 g/mol. The van der Waals surface area contributed by atoms with E-state index in [1.165, 1.54) is 6.07 Å². The molecule has 0 spiro atoms. The number of carboxylic acids is 1. The van der Waals surface area contributed by atoms with Gasteiger partial charge in [0.05, 0.1) is 5.56 Å². The molecule has 0 radical (unpaired) electrons. The molecule has 18 heavy (non-hydrogen) atoms. The lowest BCUT2D eigenvalue weighted by atomic mass is 9.99. The lowest BCUT2D eigenvalue weighted by Gasteiger charge is -2.19. The fourth-order valence-electron chi connectivity index (χ4n) is 2.28. The van der Waals surface area contributed by atoms with E-state index >= 15 is 0 Å². The summed E-state index contributed by atoms with van der Waals surface area (Å²) in [6.07, 6.45) is 3.85. The molecule has 0 bridgehead atoms. The summed E-state index contributed by atoms with van der Waals surface area (Å²) in [4.78, 5) is 15.3. The Balaban J connectivity index is 1.97. The molecule has 3 heterocycles. The minimum atomic E-state index is -0.943. The quantitative estimate of drug-likeness (QED) is 0.822. The minimum absolute atomic E-state index is 0.239. The molecule has 2 aromatic heterocycles. The number of carbonyl (C=O) groups is 1. The highest BCUT2D eigenvalue weighted by atomic mass is 16.4. The first-order valence-electron chi connectivity index (χ1n) is 6.04. The van der Waals surface area contributed by atoms with Crippen LogP contribution in [0, 0.1) is 0 Å². The van der Waals surface area contributed by atoms with Gasteiger partial charge in [-0.2, -0.15) is 5.10 Å². The molecule has 0 aromatic carbocycles. The van der Waals surface area contributed by atoms with Crippen LogP contribution in [0.25, 0.3) is 5.65 Å². The van der Waals surface area contributed by atoms with Crippen molar-refractivity contribution in [1.82, 2.24) is 19.9 Å². The Morgan fingerprint density at radius 3 is 3.17 bits per heavy atom. The molecule has 1 saturated heterocycles. The van der Waals surface area contributed by atoms with Crippen LogP contribution in [-0.2, 0) is 0 Å². The Morgan fingerprint density at radius 1 is 1.56 bits per heavy atom. The van der Waals surface area contributed by atoms with Crippen LogP contribution >= 0.6 is 0 Å². The van der Waals surface area contributed by atoms with Crippen molar-refractivity contribution in [2.45, 2.75) is 18.8 Å². The van der Waals surface area contributed by atoms with Gasteiger partial charge >= 0.3 is 5.97 Å². The van der Waals surface area contributed by atoms with E-state index in [9.17, 15) is 4.79 Å². The first-order chi connectivity index (χ1) is 8.74. The molecule has 6 heteroatoms. The van der Waals surface area contributed by atoms with Crippen LogP contribution in [0.5, 0.6) is 0 Å². The Hall–Kier alpha value is -1.95. The topological polar surface area (TPSA) is 79.5 Å². The zero-order chi connectivity index (χ0) is 12.5. The third kappa shape index (κ3) is 1.95. The molecule has 94 valence electrons. The van der Waals surface area contributed by atoms with Gasteiger partial charge in [-0.25, -0.2) is 14.3 Å². The fourth-order valence-corrected chi connectivity index (χ4v) is 2.28. The van der Waals surface area contributed by atoms with Crippen LogP contribution in [0.15, 0.2) is 18.3 Å². The van der Waals surface area contributed by atoms with E-state index in [0.717, 1.165) is 31.8 Å². The molecule has 1 atom stereocenters. The van der Waals surface area contributed by atoms with Crippen LogP contribution in [0.2, 0.25) is 0 Å². The molecule has 0 saturated carbocycles. The summed E-state index contributed by atoms with van der Waals surface area (Å²) < 4.78 is 1.64. The lowest BCUT2D eigenvalue weighted by molar-refractivity contribution is 0.0697. The zero-order valence-corrected chi connectivity index (χ0v) is 9.83. The van der Waals surface area contributed by atoms with Crippen molar-refractivity contribution in [1.29, 1.82) is 0 Å². The van der Waals surface area contributed by atoms with Crippen molar-refractivity contribution >= 4 is 11.6 Å². The number of nitrogens with zero attached hydrogens (tertiary/aromatic N) is 3. The number of carboxylic acid groups (broad SMARTS) is 1. The predicted octanol–water partition coefficient (Wildman–Crippen LogP) is 0.894. The average Bonchev–Trinajstić information content (AvgIpc) is 2.82. The third-order valence-electron chi connectivity index (χ3n) is 3.26. The van der Waals surface area contributed by atoms with Gasteiger partial charge in [-0.15, -0.1) is 0 Å². The van der Waals surface area contributed by atoms with Crippen LogP contribution in [-0.4, -0.2) is 38.8 Å². The molecular formula is C12H14N4O2. The summed E-state index contributed by atoms with van der Waals surface area (Å²) in [6, 6.07) is 3.09. The number of pyridine rings is 1. The average molecular weight is 246 g/mol. The zero-order valence-electron chi connectivity index (χ0n) is 9.83. The molecule has 1 unspecified atom stereocenters. The molecule has 2 N–H and O–H groups in total. The Kier molecular flexibility index (Phi) is 2.71. The van der Waals surface area contributed by atoms with Crippen LogP contribution in [0.4, 0.5) is 0 Å². The number of hydrogen-bond acceptors (Lipinski definition) is 4. The van der Waals surface area contributed by atoms with Gasteiger partial charge in [0.2, 0.25) is 0 Å².